The number of hydrogen-bond donors (Lipinski definition) is 5. The average molecular weight is 790 g/mol. The predicted molar refractivity (Wildman–Crippen MR) is 202 cm³/mol. The molecule has 2 aromatic rings. The summed E-state index contributed by atoms with van der Waals surface area (Å²) in [4.78, 5) is 68.9. The summed E-state index contributed by atoms with van der Waals surface area (Å²) in [6, 6.07) is 14.9. The van der Waals surface area contributed by atoms with Gasteiger partial charge in [-0.2, -0.15) is 0 Å². The summed E-state index contributed by atoms with van der Waals surface area (Å²) in [5.74, 6) is -5.84. The van der Waals surface area contributed by atoms with Gasteiger partial charge < -0.3 is 44.7 Å². The summed E-state index contributed by atoms with van der Waals surface area (Å²) in [6.45, 7) is 10.1. The highest BCUT2D eigenvalue weighted by atomic mass is 16.6. The monoisotopic (exact) mass is 789 g/mol. The summed E-state index contributed by atoms with van der Waals surface area (Å²) in [5, 5.41) is 51.7. The molecule has 3 fully saturated rings. The molecule has 6 rings (SSSR count). The Morgan fingerprint density at radius 3 is 2.14 bits per heavy atom. The van der Waals surface area contributed by atoms with Gasteiger partial charge in [0.2, 0.25) is 5.91 Å². The van der Waals surface area contributed by atoms with E-state index in [1.807, 2.05) is 0 Å². The number of aliphatic hydroxyl groups is 4. The van der Waals surface area contributed by atoms with Crippen LogP contribution in [0, 0.1) is 16.7 Å². The maximum absolute atomic E-state index is 14.9. The smallest absolute Gasteiger partial charge is 0.338 e. The summed E-state index contributed by atoms with van der Waals surface area (Å²) in [7, 11) is 0. The van der Waals surface area contributed by atoms with Crippen molar-refractivity contribution in [2.75, 3.05) is 6.61 Å². The highest BCUT2D eigenvalue weighted by Crippen LogP contribution is 2.64. The number of carbonyl (C=O) groups excluding carboxylic acids is 5. The van der Waals surface area contributed by atoms with Crippen LogP contribution in [0.1, 0.15) is 83.3 Å². The number of carbonyl (C=O) groups is 5. The molecule has 57 heavy (non-hydrogen) atoms. The normalized spacial score (nSPS) is 34.2. The molecule has 0 aromatic heterocycles. The van der Waals surface area contributed by atoms with Crippen LogP contribution in [-0.2, 0) is 38.1 Å². The van der Waals surface area contributed by atoms with E-state index < -0.39 is 107 Å². The third kappa shape index (κ3) is 6.70. The SMILES string of the molecule is CC=C(C)C(=O)N[C@@H](c1ccccc1)[C@@H](O)C(=O)O[C@H]1C[C@@]2(O)[C@@H](OC(=O)c3ccccc3)[C@@H]3[C@]4(OC(C)=O)CO[C@@H]4C[C@H](O)[C@@]3(C)C(=O)[C@H](O)C(=C1C)C2(C)C. The average Bonchev–Trinajstić information content (AvgIpc) is 3.18. The third-order valence-electron chi connectivity index (χ3n) is 13.0. The molecule has 0 unspecified atom stereocenters. The van der Waals surface area contributed by atoms with Crippen molar-refractivity contribution < 1.29 is 63.3 Å². The number of ketones is 1. The van der Waals surface area contributed by atoms with Crippen molar-refractivity contribution in [1.29, 1.82) is 0 Å². The number of benzene rings is 2. The molecule has 2 aromatic carbocycles. The van der Waals surface area contributed by atoms with Gasteiger partial charge in [0.1, 0.15) is 30.0 Å². The van der Waals surface area contributed by atoms with Gasteiger partial charge >= 0.3 is 17.9 Å². The number of amides is 1. The van der Waals surface area contributed by atoms with E-state index in [2.05, 4.69) is 5.32 Å². The second kappa shape index (κ2) is 15.2. The molecule has 2 bridgehead atoms. The number of Topliss-reactive ketones (excluding diaryl/α,β-unsaturated/α-hetero) is 1. The summed E-state index contributed by atoms with van der Waals surface area (Å²) >= 11 is 0. The van der Waals surface area contributed by atoms with Crippen molar-refractivity contribution in [1.82, 2.24) is 5.32 Å². The number of nitrogens with one attached hydrogen (secondary N) is 1. The molecule has 1 aliphatic heterocycles. The highest BCUT2D eigenvalue weighted by molar-refractivity contribution is 5.95. The van der Waals surface area contributed by atoms with Crippen LogP contribution in [0.5, 0.6) is 0 Å². The van der Waals surface area contributed by atoms with Gasteiger partial charge in [-0.1, -0.05) is 68.5 Å². The summed E-state index contributed by atoms with van der Waals surface area (Å²) in [6.07, 6.45) is -8.83. The summed E-state index contributed by atoms with van der Waals surface area (Å²) < 4.78 is 24.1. The first kappa shape index (κ1) is 41.9. The van der Waals surface area contributed by atoms with Crippen LogP contribution in [0.3, 0.4) is 0 Å². The topological polar surface area (TPSA) is 215 Å². The van der Waals surface area contributed by atoms with E-state index in [1.54, 1.807) is 82.3 Å². The lowest BCUT2D eigenvalue weighted by Gasteiger charge is -2.67. The molecule has 0 radical (unpaired) electrons. The van der Waals surface area contributed by atoms with Crippen LogP contribution < -0.4 is 5.32 Å². The number of hydrogen-bond acceptors (Lipinski definition) is 13. The minimum atomic E-state index is -2.34. The van der Waals surface area contributed by atoms with Crippen LogP contribution in [-0.4, -0.2) is 104 Å². The number of ether oxygens (including phenoxy) is 4. The Morgan fingerprint density at radius 2 is 1.58 bits per heavy atom. The van der Waals surface area contributed by atoms with Crippen molar-refractivity contribution in [3.05, 3.63) is 94.6 Å². The molecule has 1 heterocycles. The van der Waals surface area contributed by atoms with Crippen LogP contribution in [0.4, 0.5) is 0 Å². The van der Waals surface area contributed by atoms with E-state index in [0.29, 0.717) is 11.1 Å². The Hall–Kier alpha value is -4.73. The first-order valence-electron chi connectivity index (χ1n) is 19.0. The molecule has 1 saturated heterocycles. The van der Waals surface area contributed by atoms with Crippen LogP contribution in [0.25, 0.3) is 0 Å². The Morgan fingerprint density at radius 1 is 0.965 bits per heavy atom. The number of rotatable bonds is 9. The van der Waals surface area contributed by atoms with E-state index in [0.717, 1.165) is 6.92 Å². The van der Waals surface area contributed by atoms with Gasteiger partial charge in [0.05, 0.1) is 35.6 Å². The van der Waals surface area contributed by atoms with E-state index in [-0.39, 0.29) is 29.7 Å². The van der Waals surface area contributed by atoms with E-state index in [4.69, 9.17) is 18.9 Å². The van der Waals surface area contributed by atoms with E-state index in [9.17, 15) is 44.4 Å². The molecular formula is C43H51NO13. The number of fused-ring (bicyclic) bond motifs is 5. The van der Waals surface area contributed by atoms with Gasteiger partial charge in [-0.25, -0.2) is 9.59 Å². The lowest BCUT2D eigenvalue weighted by molar-refractivity contribution is -0.346. The predicted octanol–water partition coefficient (Wildman–Crippen LogP) is 2.82. The quantitative estimate of drug-likeness (QED) is 0.107. The number of esters is 3. The van der Waals surface area contributed by atoms with Crippen molar-refractivity contribution in [2.45, 2.75) is 115 Å². The molecule has 14 nitrogen and oxygen atoms in total. The van der Waals surface area contributed by atoms with Gasteiger partial charge in [0.25, 0.3) is 0 Å². The van der Waals surface area contributed by atoms with Gasteiger partial charge in [-0.3, -0.25) is 14.4 Å². The molecule has 4 aliphatic rings. The van der Waals surface area contributed by atoms with Gasteiger partial charge in [0.15, 0.2) is 17.5 Å². The van der Waals surface area contributed by atoms with Gasteiger partial charge in [-0.05, 0) is 56.5 Å². The minimum Gasteiger partial charge on any atom is -0.456 e. The maximum atomic E-state index is 14.9. The Kier molecular flexibility index (Phi) is 11.2. The lowest BCUT2D eigenvalue weighted by atomic mass is 9.44. The van der Waals surface area contributed by atoms with E-state index in [1.165, 1.54) is 26.0 Å². The molecule has 5 N–H and O–H groups in total. The molecule has 2 saturated carbocycles. The molecular weight excluding hydrogens is 738 g/mol. The van der Waals surface area contributed by atoms with E-state index >= 15 is 0 Å². The van der Waals surface area contributed by atoms with Crippen LogP contribution >= 0.6 is 0 Å². The summed E-state index contributed by atoms with van der Waals surface area (Å²) in [5.41, 5.74) is -6.75. The lowest BCUT2D eigenvalue weighted by Crippen LogP contribution is -2.81. The molecule has 14 heteroatoms. The number of allylic oxidation sites excluding steroid dienone is 1. The number of aliphatic hydroxyl groups excluding tert-OH is 3. The van der Waals surface area contributed by atoms with Crippen molar-refractivity contribution in [2.24, 2.45) is 16.7 Å². The molecule has 11 atom stereocenters. The zero-order chi connectivity index (χ0) is 41.8. The van der Waals surface area contributed by atoms with Gasteiger partial charge in [0, 0.05) is 30.8 Å². The first-order valence-corrected chi connectivity index (χ1v) is 19.0. The van der Waals surface area contributed by atoms with Gasteiger partial charge in [-0.15, -0.1) is 0 Å². The van der Waals surface area contributed by atoms with Crippen molar-refractivity contribution in [3.8, 4) is 0 Å². The first-order chi connectivity index (χ1) is 26.8. The second-order valence-electron chi connectivity index (χ2n) is 16.4. The fraction of sp³-hybridized carbons (Fsp3) is 0.512. The molecule has 3 aliphatic carbocycles. The molecule has 1 amide bonds. The minimum absolute atomic E-state index is 0.0497. The van der Waals surface area contributed by atoms with Crippen molar-refractivity contribution >= 4 is 29.6 Å². The zero-order valence-corrected chi connectivity index (χ0v) is 33.1. The highest BCUT2D eigenvalue weighted by Gasteiger charge is 2.78. The Balaban J connectivity index is 1.50. The van der Waals surface area contributed by atoms with Crippen LogP contribution in [0.15, 0.2) is 83.5 Å². The Labute approximate surface area is 330 Å². The van der Waals surface area contributed by atoms with Crippen molar-refractivity contribution in [3.63, 3.8) is 0 Å². The fourth-order valence-corrected chi connectivity index (χ4v) is 9.51. The third-order valence-corrected chi connectivity index (χ3v) is 13.0. The standard InChI is InChI=1S/C43H51NO13/c1-8-22(2)37(50)44-31(25-15-11-9-12-16-25)33(48)39(52)55-27-20-43(53)36(56-38(51)26-17-13-10-14-18-26)34-41(7,35(49)32(47)30(23(27)3)40(43,5)6)28(46)19-29-42(34,21-54-29)57-24(4)45/h8-18,27-29,31-34,36,46-48,53H,19-21H2,1-7H3,(H,44,50)/t27-,28-,29+,31-,32+,33+,34-,36-,41+,42-,43+/m0/s1. The zero-order valence-electron chi connectivity index (χ0n) is 33.1. The Bertz CT molecular complexity index is 1990. The largest absolute Gasteiger partial charge is 0.456 e. The maximum Gasteiger partial charge on any atom is 0.338 e. The molecule has 0 spiro atoms. The fourth-order valence-electron chi connectivity index (χ4n) is 9.51. The van der Waals surface area contributed by atoms with Crippen LogP contribution in [0.2, 0.25) is 0 Å². The second-order valence-corrected chi connectivity index (χ2v) is 16.4. The molecule has 306 valence electrons.